The van der Waals surface area contributed by atoms with E-state index >= 15 is 0 Å². The van der Waals surface area contributed by atoms with E-state index in [0.717, 1.165) is 11.1 Å². The van der Waals surface area contributed by atoms with Gasteiger partial charge in [-0.25, -0.2) is 9.98 Å². The van der Waals surface area contributed by atoms with Crippen LogP contribution in [0.15, 0.2) is 70.6 Å². The molecule has 0 aliphatic carbocycles. The van der Waals surface area contributed by atoms with Crippen molar-refractivity contribution in [2.45, 2.75) is 64.8 Å². The first-order valence-electron chi connectivity index (χ1n) is 10.3. The molecule has 0 N–H and O–H groups in total. The van der Waals surface area contributed by atoms with Gasteiger partial charge in [0.25, 0.3) is 0 Å². The molecule has 0 radical (unpaired) electrons. The molecule has 4 heteroatoms. The lowest BCUT2D eigenvalue weighted by Gasteiger charge is -2.30. The Labute approximate surface area is 173 Å². The van der Waals surface area contributed by atoms with Gasteiger partial charge in [-0.05, 0) is 52.7 Å². The van der Waals surface area contributed by atoms with Gasteiger partial charge in [0.1, 0.15) is 28.7 Å². The summed E-state index contributed by atoms with van der Waals surface area (Å²) in [6.45, 7) is 12.5. The van der Waals surface area contributed by atoms with Crippen LogP contribution in [-0.4, -0.2) is 23.0 Å². The van der Waals surface area contributed by atoms with E-state index in [0.29, 0.717) is 11.8 Å². The highest BCUT2D eigenvalue weighted by molar-refractivity contribution is 6.06. The maximum absolute atomic E-state index is 6.39. The lowest BCUT2D eigenvalue weighted by Crippen LogP contribution is -2.39. The molecule has 0 aromatic heterocycles. The minimum absolute atomic E-state index is 0.0575. The Hall–Kier alpha value is -2.62. The molecule has 0 spiro atoms. The molecule has 2 aliphatic rings. The summed E-state index contributed by atoms with van der Waals surface area (Å²) < 4.78 is 12.8. The lowest BCUT2D eigenvalue weighted by atomic mass is 9.93. The zero-order chi connectivity index (χ0) is 20.9. The van der Waals surface area contributed by atoms with E-state index in [1.165, 1.54) is 0 Å². The SMILES string of the molecule is CC(C)(C1=NC(c2ccccc2)C(C)(C)O1)C1=NC(c2ccccc2)C(C)(C)O1. The monoisotopic (exact) mass is 390 g/mol. The highest BCUT2D eigenvalue weighted by Gasteiger charge is 2.51. The first-order valence-corrected chi connectivity index (χ1v) is 10.3. The van der Waals surface area contributed by atoms with Crippen molar-refractivity contribution in [1.82, 2.24) is 0 Å². The van der Waals surface area contributed by atoms with Crippen molar-refractivity contribution in [3.8, 4) is 0 Å². The predicted octanol–water partition coefficient (Wildman–Crippen LogP) is 5.91. The second-order valence-corrected chi connectivity index (χ2v) is 9.53. The highest BCUT2D eigenvalue weighted by atomic mass is 16.5. The maximum Gasteiger partial charge on any atom is 0.199 e. The predicted molar refractivity (Wildman–Crippen MR) is 117 cm³/mol. The van der Waals surface area contributed by atoms with Crippen molar-refractivity contribution in [2.75, 3.05) is 0 Å². The molecular formula is C25H30N2O2. The molecule has 2 aromatic rings. The summed E-state index contributed by atoms with van der Waals surface area (Å²) >= 11 is 0. The zero-order valence-electron chi connectivity index (χ0n) is 18.1. The largest absolute Gasteiger partial charge is 0.472 e. The number of rotatable bonds is 4. The van der Waals surface area contributed by atoms with E-state index in [-0.39, 0.29) is 12.1 Å². The normalized spacial score (nSPS) is 25.0. The van der Waals surface area contributed by atoms with Crippen molar-refractivity contribution in [3.05, 3.63) is 71.8 Å². The smallest absolute Gasteiger partial charge is 0.199 e. The molecule has 0 bridgehead atoms. The van der Waals surface area contributed by atoms with Crippen LogP contribution in [0.2, 0.25) is 0 Å². The van der Waals surface area contributed by atoms with Crippen LogP contribution < -0.4 is 0 Å². The van der Waals surface area contributed by atoms with Gasteiger partial charge in [0.05, 0.1) is 0 Å². The Kier molecular flexibility index (Phi) is 4.56. The molecule has 4 rings (SSSR count). The maximum atomic E-state index is 6.39. The molecule has 0 fully saturated rings. The summed E-state index contributed by atoms with van der Waals surface area (Å²) in [5.74, 6) is 1.36. The number of hydrogen-bond acceptors (Lipinski definition) is 4. The summed E-state index contributed by atoms with van der Waals surface area (Å²) in [5, 5.41) is 0. The Balaban J connectivity index is 1.68. The van der Waals surface area contributed by atoms with E-state index in [2.05, 4.69) is 65.8 Å². The van der Waals surface area contributed by atoms with Crippen LogP contribution in [0, 0.1) is 5.41 Å². The van der Waals surface area contributed by atoms with E-state index in [1.807, 2.05) is 36.4 Å². The van der Waals surface area contributed by atoms with Crippen molar-refractivity contribution < 1.29 is 9.47 Å². The summed E-state index contributed by atoms with van der Waals surface area (Å²) in [4.78, 5) is 10.0. The van der Waals surface area contributed by atoms with Crippen LogP contribution in [0.5, 0.6) is 0 Å². The minimum Gasteiger partial charge on any atom is -0.472 e. The quantitative estimate of drug-likeness (QED) is 0.651. The Morgan fingerprint density at radius 3 is 1.34 bits per heavy atom. The number of hydrogen-bond donors (Lipinski definition) is 0. The molecule has 0 saturated carbocycles. The summed E-state index contributed by atoms with van der Waals surface area (Å²) in [6, 6.07) is 20.5. The van der Waals surface area contributed by atoms with Crippen LogP contribution in [0.4, 0.5) is 0 Å². The van der Waals surface area contributed by atoms with Gasteiger partial charge in [0.15, 0.2) is 11.8 Å². The van der Waals surface area contributed by atoms with Crippen LogP contribution in [-0.2, 0) is 9.47 Å². The second-order valence-electron chi connectivity index (χ2n) is 9.53. The van der Waals surface area contributed by atoms with Crippen molar-refractivity contribution in [3.63, 3.8) is 0 Å². The molecule has 2 unspecified atom stereocenters. The molecule has 152 valence electrons. The molecular weight excluding hydrogens is 360 g/mol. The average molecular weight is 391 g/mol. The van der Waals surface area contributed by atoms with Gasteiger partial charge in [-0.2, -0.15) is 0 Å². The van der Waals surface area contributed by atoms with Crippen molar-refractivity contribution in [2.24, 2.45) is 15.4 Å². The minimum atomic E-state index is -0.554. The lowest BCUT2D eigenvalue weighted by molar-refractivity contribution is 0.0734. The highest BCUT2D eigenvalue weighted by Crippen LogP contribution is 2.46. The Morgan fingerprint density at radius 1 is 0.655 bits per heavy atom. The molecule has 0 amide bonds. The standard InChI is InChI=1S/C25H30N2O2/c1-23(2,21-26-19(24(3,4)28-21)17-13-9-7-10-14-17)22-27-20(25(5,6)29-22)18-15-11-8-12-16-18/h7-16,19-20H,1-6H3. The van der Waals surface area contributed by atoms with E-state index in [4.69, 9.17) is 19.5 Å². The van der Waals surface area contributed by atoms with Crippen LogP contribution in [0.1, 0.15) is 64.8 Å². The van der Waals surface area contributed by atoms with Crippen LogP contribution in [0.25, 0.3) is 0 Å². The summed E-state index contributed by atoms with van der Waals surface area (Å²) in [5.41, 5.74) is 0.894. The molecule has 29 heavy (non-hydrogen) atoms. The number of aliphatic imine (C=N–C) groups is 2. The molecule has 2 aliphatic heterocycles. The van der Waals surface area contributed by atoms with E-state index in [1.54, 1.807) is 0 Å². The van der Waals surface area contributed by atoms with Crippen LogP contribution >= 0.6 is 0 Å². The van der Waals surface area contributed by atoms with Gasteiger partial charge in [0, 0.05) is 0 Å². The molecule has 2 aromatic carbocycles. The fourth-order valence-electron chi connectivity index (χ4n) is 4.10. The van der Waals surface area contributed by atoms with Gasteiger partial charge >= 0.3 is 0 Å². The number of nitrogens with zero attached hydrogens (tertiary/aromatic N) is 2. The zero-order valence-corrected chi connectivity index (χ0v) is 18.1. The fraction of sp³-hybridized carbons (Fsp3) is 0.440. The first-order chi connectivity index (χ1) is 13.6. The third kappa shape index (κ3) is 3.45. The summed E-state index contributed by atoms with van der Waals surface area (Å²) in [7, 11) is 0. The Morgan fingerprint density at radius 2 is 1.00 bits per heavy atom. The number of benzene rings is 2. The van der Waals surface area contributed by atoms with Gasteiger partial charge in [0.2, 0.25) is 0 Å². The third-order valence-corrected chi connectivity index (χ3v) is 5.83. The Bertz CT molecular complexity index is 866. The van der Waals surface area contributed by atoms with Crippen molar-refractivity contribution >= 4 is 11.8 Å². The third-order valence-electron chi connectivity index (χ3n) is 5.83. The molecule has 2 atom stereocenters. The number of ether oxygens (including phenoxy) is 2. The van der Waals surface area contributed by atoms with E-state index < -0.39 is 16.6 Å². The molecule has 2 heterocycles. The summed E-state index contributed by atoms with van der Waals surface area (Å²) in [6.07, 6.45) is 0. The van der Waals surface area contributed by atoms with Gasteiger partial charge in [-0.3, -0.25) is 0 Å². The van der Waals surface area contributed by atoms with Crippen molar-refractivity contribution in [1.29, 1.82) is 0 Å². The average Bonchev–Trinajstić information content (AvgIpc) is 3.19. The van der Waals surface area contributed by atoms with Gasteiger partial charge in [-0.15, -0.1) is 0 Å². The molecule has 4 nitrogen and oxygen atoms in total. The fourth-order valence-corrected chi connectivity index (χ4v) is 4.10. The second kappa shape index (κ2) is 6.72. The van der Waals surface area contributed by atoms with Gasteiger partial charge < -0.3 is 9.47 Å². The molecule has 0 saturated heterocycles. The van der Waals surface area contributed by atoms with E-state index in [9.17, 15) is 0 Å². The van der Waals surface area contributed by atoms with Gasteiger partial charge in [-0.1, -0.05) is 60.7 Å². The van der Waals surface area contributed by atoms with Crippen LogP contribution in [0.3, 0.4) is 0 Å². The first kappa shape index (κ1) is 19.7. The topological polar surface area (TPSA) is 43.2 Å².